The zero-order valence-electron chi connectivity index (χ0n) is 18.1. The molecule has 0 bridgehead atoms. The number of alkyl halides is 2. The van der Waals surface area contributed by atoms with Gasteiger partial charge >= 0.3 is 6.61 Å². The quantitative estimate of drug-likeness (QED) is 0.509. The second-order valence-corrected chi connectivity index (χ2v) is 7.38. The van der Waals surface area contributed by atoms with Crippen LogP contribution in [0, 0.1) is 0 Å². The maximum absolute atomic E-state index is 12.8. The summed E-state index contributed by atoms with van der Waals surface area (Å²) in [7, 11) is 0. The highest BCUT2D eigenvalue weighted by Crippen LogP contribution is 2.28. The minimum absolute atomic E-state index is 0.120. The number of para-hydroxylation sites is 2. The number of hydrogen-bond donors (Lipinski definition) is 0. The van der Waals surface area contributed by atoms with Gasteiger partial charge in [0, 0.05) is 26.2 Å². The van der Waals surface area contributed by atoms with Crippen LogP contribution in [0.25, 0.3) is 11.4 Å². The third-order valence-electron chi connectivity index (χ3n) is 5.25. The Morgan fingerprint density at radius 3 is 2.48 bits per heavy atom. The van der Waals surface area contributed by atoms with Crippen molar-refractivity contribution < 1.29 is 27.6 Å². The molecule has 2 heterocycles. The van der Waals surface area contributed by atoms with E-state index in [1.807, 2.05) is 31.2 Å². The average molecular weight is 458 g/mol. The van der Waals surface area contributed by atoms with Crippen LogP contribution < -0.4 is 9.47 Å². The fourth-order valence-electron chi connectivity index (χ4n) is 3.67. The molecule has 8 nitrogen and oxygen atoms in total. The molecule has 1 fully saturated rings. The maximum atomic E-state index is 12.8. The van der Waals surface area contributed by atoms with Crippen molar-refractivity contribution in [3.05, 3.63) is 60.0 Å². The number of benzene rings is 2. The van der Waals surface area contributed by atoms with Crippen LogP contribution in [-0.2, 0) is 6.54 Å². The van der Waals surface area contributed by atoms with Crippen molar-refractivity contribution in [3.8, 4) is 22.9 Å². The first-order valence-electron chi connectivity index (χ1n) is 10.7. The molecule has 1 saturated heterocycles. The smallest absolute Gasteiger partial charge is 0.387 e. The van der Waals surface area contributed by atoms with Gasteiger partial charge in [-0.05, 0) is 31.2 Å². The second-order valence-electron chi connectivity index (χ2n) is 7.38. The van der Waals surface area contributed by atoms with Crippen molar-refractivity contribution >= 4 is 5.91 Å². The third kappa shape index (κ3) is 5.46. The highest BCUT2D eigenvalue weighted by Gasteiger charge is 2.26. The average Bonchev–Trinajstić information content (AvgIpc) is 3.28. The van der Waals surface area contributed by atoms with Crippen LogP contribution in [0.3, 0.4) is 0 Å². The first-order chi connectivity index (χ1) is 16.0. The second kappa shape index (κ2) is 10.4. The van der Waals surface area contributed by atoms with Gasteiger partial charge in [-0.15, -0.1) is 0 Å². The predicted molar refractivity (Wildman–Crippen MR) is 115 cm³/mol. The van der Waals surface area contributed by atoms with Gasteiger partial charge in [0.05, 0.1) is 24.3 Å². The fourth-order valence-corrected chi connectivity index (χ4v) is 3.67. The molecule has 0 aliphatic carbocycles. The Bertz CT molecular complexity index is 1080. The Balaban J connectivity index is 1.36. The lowest BCUT2D eigenvalue weighted by Crippen LogP contribution is -2.48. The first-order valence-corrected chi connectivity index (χ1v) is 10.7. The first kappa shape index (κ1) is 22.7. The molecule has 4 rings (SSSR count). The number of piperazine rings is 1. The molecule has 0 N–H and O–H groups in total. The summed E-state index contributed by atoms with van der Waals surface area (Å²) < 4.78 is 40.9. The number of nitrogens with zero attached hydrogens (tertiary/aromatic N) is 4. The molecule has 10 heteroatoms. The van der Waals surface area contributed by atoms with Gasteiger partial charge in [0.1, 0.15) is 11.5 Å². The Labute approximate surface area is 189 Å². The van der Waals surface area contributed by atoms with Crippen molar-refractivity contribution in [3.63, 3.8) is 0 Å². The highest BCUT2D eigenvalue weighted by atomic mass is 19.3. The van der Waals surface area contributed by atoms with E-state index in [2.05, 4.69) is 19.8 Å². The van der Waals surface area contributed by atoms with Crippen molar-refractivity contribution in [1.29, 1.82) is 0 Å². The molecule has 0 saturated carbocycles. The molecule has 0 atom stereocenters. The lowest BCUT2D eigenvalue weighted by atomic mass is 10.1. The summed E-state index contributed by atoms with van der Waals surface area (Å²) in [5, 5.41) is 4.08. The lowest BCUT2D eigenvalue weighted by molar-refractivity contribution is -0.0503. The maximum Gasteiger partial charge on any atom is 0.387 e. The Morgan fingerprint density at radius 1 is 1.06 bits per heavy atom. The van der Waals surface area contributed by atoms with E-state index < -0.39 is 6.61 Å². The molecule has 2 aromatic carbocycles. The number of carbonyl (C=O) groups excluding carboxylic acids is 1. The summed E-state index contributed by atoms with van der Waals surface area (Å²) >= 11 is 0. The topological polar surface area (TPSA) is 80.9 Å². The Kier molecular flexibility index (Phi) is 7.13. The molecule has 1 aliphatic rings. The van der Waals surface area contributed by atoms with Gasteiger partial charge in [-0.3, -0.25) is 9.69 Å². The standard InChI is InChI=1S/C23H24F2N4O4/c1-2-31-18-9-5-3-7-16(18)21-26-20(33-27-21)15-28-11-13-29(14-12-28)22(30)17-8-4-6-10-19(17)32-23(24)25/h3-10,23H,2,11-15H2,1H3. The summed E-state index contributed by atoms with van der Waals surface area (Å²) in [6.45, 7) is 1.93. The lowest BCUT2D eigenvalue weighted by Gasteiger charge is -2.34. The van der Waals surface area contributed by atoms with Gasteiger partial charge in [-0.2, -0.15) is 13.8 Å². The molecule has 1 amide bonds. The minimum Gasteiger partial charge on any atom is -0.493 e. The number of amides is 1. The molecule has 1 aliphatic heterocycles. The van der Waals surface area contributed by atoms with Crippen molar-refractivity contribution in [2.24, 2.45) is 0 Å². The number of rotatable bonds is 8. The minimum atomic E-state index is -2.99. The summed E-state index contributed by atoms with van der Waals surface area (Å²) in [5.41, 5.74) is 0.884. The zero-order valence-corrected chi connectivity index (χ0v) is 18.1. The van der Waals surface area contributed by atoms with Gasteiger partial charge in [-0.1, -0.05) is 29.4 Å². The fraction of sp³-hybridized carbons (Fsp3) is 0.348. The summed E-state index contributed by atoms with van der Waals surface area (Å²) in [6, 6.07) is 13.5. The molecule has 1 aromatic heterocycles. The number of halogens is 2. The molecular formula is C23H24F2N4O4. The van der Waals surface area contributed by atoms with E-state index in [4.69, 9.17) is 9.26 Å². The van der Waals surface area contributed by atoms with Crippen LogP contribution in [0.15, 0.2) is 53.1 Å². The number of carbonyl (C=O) groups is 1. The van der Waals surface area contributed by atoms with E-state index in [0.29, 0.717) is 56.8 Å². The van der Waals surface area contributed by atoms with E-state index in [9.17, 15) is 13.6 Å². The molecule has 3 aromatic rings. The van der Waals surface area contributed by atoms with Crippen LogP contribution in [0.5, 0.6) is 11.5 Å². The number of ether oxygens (including phenoxy) is 2. The normalized spacial score (nSPS) is 14.5. The van der Waals surface area contributed by atoms with Crippen LogP contribution >= 0.6 is 0 Å². The predicted octanol–water partition coefficient (Wildman–Crippen LogP) is 3.69. The van der Waals surface area contributed by atoms with E-state index >= 15 is 0 Å². The van der Waals surface area contributed by atoms with Crippen LogP contribution in [0.2, 0.25) is 0 Å². The van der Waals surface area contributed by atoms with Gasteiger partial charge in [0.2, 0.25) is 11.7 Å². The van der Waals surface area contributed by atoms with Gasteiger partial charge in [-0.25, -0.2) is 0 Å². The van der Waals surface area contributed by atoms with Gasteiger partial charge in [0.15, 0.2) is 0 Å². The van der Waals surface area contributed by atoms with Gasteiger partial charge in [0.25, 0.3) is 5.91 Å². The summed E-state index contributed by atoms with van der Waals surface area (Å²) in [5.74, 6) is 1.16. The van der Waals surface area contributed by atoms with E-state index in [1.54, 1.807) is 17.0 Å². The van der Waals surface area contributed by atoms with Crippen LogP contribution in [0.1, 0.15) is 23.2 Å². The SMILES string of the molecule is CCOc1ccccc1-c1noc(CN2CCN(C(=O)c3ccccc3OC(F)F)CC2)n1. The largest absolute Gasteiger partial charge is 0.493 e. The van der Waals surface area contributed by atoms with Crippen LogP contribution in [0.4, 0.5) is 8.78 Å². The number of hydrogen-bond acceptors (Lipinski definition) is 7. The van der Waals surface area contributed by atoms with E-state index in [-0.39, 0.29) is 17.2 Å². The van der Waals surface area contributed by atoms with E-state index in [0.717, 1.165) is 5.56 Å². The van der Waals surface area contributed by atoms with Crippen molar-refractivity contribution in [2.75, 3.05) is 32.8 Å². The van der Waals surface area contributed by atoms with Crippen molar-refractivity contribution in [1.82, 2.24) is 19.9 Å². The van der Waals surface area contributed by atoms with Gasteiger partial charge < -0.3 is 18.9 Å². The molecule has 0 spiro atoms. The third-order valence-corrected chi connectivity index (χ3v) is 5.25. The molecule has 0 radical (unpaired) electrons. The van der Waals surface area contributed by atoms with Crippen LogP contribution in [-0.4, -0.2) is 65.2 Å². The summed E-state index contributed by atoms with van der Waals surface area (Å²) in [4.78, 5) is 21.1. The molecule has 33 heavy (non-hydrogen) atoms. The van der Waals surface area contributed by atoms with E-state index in [1.165, 1.54) is 12.1 Å². The number of aromatic nitrogens is 2. The molecule has 0 unspecified atom stereocenters. The Morgan fingerprint density at radius 2 is 1.76 bits per heavy atom. The Hall–Kier alpha value is -3.53. The monoisotopic (exact) mass is 458 g/mol. The highest BCUT2D eigenvalue weighted by molar-refractivity contribution is 5.97. The molecule has 174 valence electrons. The summed E-state index contributed by atoms with van der Waals surface area (Å²) in [6.07, 6.45) is 0. The van der Waals surface area contributed by atoms with Crippen molar-refractivity contribution in [2.45, 2.75) is 20.1 Å². The zero-order chi connectivity index (χ0) is 23.2. The molecular weight excluding hydrogens is 434 g/mol.